The molecule has 0 amide bonds. The number of carbonyl (C=O) groups is 2. The van der Waals surface area contributed by atoms with Crippen LogP contribution in [0, 0.1) is 11.3 Å². The Morgan fingerprint density at radius 3 is 2.48 bits per heavy atom. The molecular formula is C17H24O6. The lowest BCUT2D eigenvalue weighted by Gasteiger charge is -2.46. The quantitative estimate of drug-likeness (QED) is 0.739. The van der Waals surface area contributed by atoms with Gasteiger partial charge in [-0.2, -0.15) is 0 Å². The van der Waals surface area contributed by atoms with E-state index in [1.54, 1.807) is 7.11 Å². The highest BCUT2D eigenvalue weighted by molar-refractivity contribution is 6.03. The zero-order valence-corrected chi connectivity index (χ0v) is 13.9. The van der Waals surface area contributed by atoms with E-state index in [9.17, 15) is 9.59 Å². The Balaban J connectivity index is 2.14. The van der Waals surface area contributed by atoms with E-state index in [2.05, 4.69) is 0 Å². The Labute approximate surface area is 136 Å². The Morgan fingerprint density at radius 1 is 1.09 bits per heavy atom. The molecule has 1 fully saturated rings. The van der Waals surface area contributed by atoms with Crippen molar-refractivity contribution in [2.45, 2.75) is 50.9 Å². The molecule has 6 heteroatoms. The predicted molar refractivity (Wildman–Crippen MR) is 80.4 cm³/mol. The lowest BCUT2D eigenvalue weighted by molar-refractivity contribution is -0.161. The number of esters is 2. The fourth-order valence-electron chi connectivity index (χ4n) is 4.54. The molecule has 0 aromatic heterocycles. The van der Waals surface area contributed by atoms with Crippen molar-refractivity contribution in [2.24, 2.45) is 11.3 Å². The SMILES string of the molecule is COC(=O)C1=C2CCCCCC[C@@H]3[C@@H](OC)O[C@H]2[C@]13C(=O)OC. The molecule has 0 aromatic carbocycles. The number of ether oxygens (including phenoxy) is 4. The summed E-state index contributed by atoms with van der Waals surface area (Å²) >= 11 is 0. The first-order chi connectivity index (χ1) is 11.1. The fraction of sp³-hybridized carbons (Fsp3) is 0.765. The number of methoxy groups -OCH3 is 3. The number of fused-ring (bicyclic) bond motifs is 1. The maximum absolute atomic E-state index is 12.7. The summed E-state index contributed by atoms with van der Waals surface area (Å²) in [7, 11) is 4.27. The third kappa shape index (κ3) is 2.15. The minimum atomic E-state index is -1.07. The van der Waals surface area contributed by atoms with Crippen LogP contribution < -0.4 is 0 Å². The second-order valence-corrected chi connectivity index (χ2v) is 6.43. The van der Waals surface area contributed by atoms with E-state index in [0.717, 1.165) is 44.1 Å². The molecule has 1 heterocycles. The van der Waals surface area contributed by atoms with E-state index in [-0.39, 0.29) is 5.92 Å². The van der Waals surface area contributed by atoms with Gasteiger partial charge in [-0.25, -0.2) is 4.79 Å². The Morgan fingerprint density at radius 2 is 1.83 bits per heavy atom. The number of carbonyl (C=O) groups excluding carboxylic acids is 2. The molecule has 4 atom stereocenters. The van der Waals surface area contributed by atoms with Gasteiger partial charge in [-0.3, -0.25) is 4.79 Å². The first-order valence-corrected chi connectivity index (χ1v) is 8.21. The molecule has 0 N–H and O–H groups in total. The molecule has 0 spiro atoms. The van der Waals surface area contributed by atoms with Crippen molar-refractivity contribution >= 4 is 11.9 Å². The second-order valence-electron chi connectivity index (χ2n) is 6.43. The molecule has 6 nitrogen and oxygen atoms in total. The normalized spacial score (nSPS) is 36.2. The van der Waals surface area contributed by atoms with Crippen molar-refractivity contribution in [3.63, 3.8) is 0 Å². The summed E-state index contributed by atoms with van der Waals surface area (Å²) in [5.41, 5.74) is 0.256. The number of hydrogen-bond acceptors (Lipinski definition) is 6. The van der Waals surface area contributed by atoms with Crippen molar-refractivity contribution in [1.29, 1.82) is 0 Å². The van der Waals surface area contributed by atoms with E-state index in [1.807, 2.05) is 0 Å². The van der Waals surface area contributed by atoms with Crippen LogP contribution in [-0.2, 0) is 28.5 Å². The lowest BCUT2D eigenvalue weighted by Crippen LogP contribution is -2.57. The molecule has 3 rings (SSSR count). The number of rotatable bonds is 3. The molecule has 128 valence electrons. The third-order valence-corrected chi connectivity index (χ3v) is 5.50. The summed E-state index contributed by atoms with van der Waals surface area (Å²) in [4.78, 5) is 25.2. The monoisotopic (exact) mass is 324 g/mol. The molecule has 2 aliphatic carbocycles. The Kier molecular flexibility index (Phi) is 4.47. The van der Waals surface area contributed by atoms with Crippen molar-refractivity contribution in [3.8, 4) is 0 Å². The van der Waals surface area contributed by atoms with Gasteiger partial charge < -0.3 is 18.9 Å². The van der Waals surface area contributed by atoms with E-state index in [0.29, 0.717) is 5.57 Å². The fourth-order valence-corrected chi connectivity index (χ4v) is 4.54. The standard InChI is InChI=1S/C17H24O6/c1-20-14(18)12-10-8-6-4-5-7-9-11-15(21-2)23-13(10)17(11,12)16(19)22-3/h11,13,15H,4-9H2,1-3H3/t11-,13-,15+,17-/m1/s1. The van der Waals surface area contributed by atoms with Crippen LogP contribution in [0.3, 0.4) is 0 Å². The molecule has 1 aliphatic heterocycles. The van der Waals surface area contributed by atoms with Crippen LogP contribution >= 0.6 is 0 Å². The molecule has 1 saturated heterocycles. The van der Waals surface area contributed by atoms with Crippen molar-refractivity contribution < 1.29 is 28.5 Å². The second kappa shape index (κ2) is 6.24. The minimum absolute atomic E-state index is 0.221. The molecule has 23 heavy (non-hydrogen) atoms. The molecular weight excluding hydrogens is 300 g/mol. The topological polar surface area (TPSA) is 71.1 Å². The highest BCUT2D eigenvalue weighted by atomic mass is 16.7. The average Bonchev–Trinajstić information content (AvgIpc) is 2.82. The van der Waals surface area contributed by atoms with E-state index >= 15 is 0 Å². The van der Waals surface area contributed by atoms with Crippen LogP contribution in [0.1, 0.15) is 38.5 Å². The van der Waals surface area contributed by atoms with Gasteiger partial charge in [-0.1, -0.05) is 19.3 Å². The van der Waals surface area contributed by atoms with Crippen LogP contribution in [0.5, 0.6) is 0 Å². The zero-order valence-electron chi connectivity index (χ0n) is 13.9. The maximum atomic E-state index is 12.7. The Bertz CT molecular complexity index is 539. The van der Waals surface area contributed by atoms with E-state index in [1.165, 1.54) is 14.2 Å². The summed E-state index contributed by atoms with van der Waals surface area (Å²) in [5.74, 6) is -1.09. The summed E-state index contributed by atoms with van der Waals surface area (Å²) < 4.78 is 21.6. The molecule has 0 saturated carbocycles. The van der Waals surface area contributed by atoms with Gasteiger partial charge in [0.2, 0.25) is 0 Å². The van der Waals surface area contributed by atoms with Crippen LogP contribution in [0.2, 0.25) is 0 Å². The largest absolute Gasteiger partial charge is 0.468 e. The van der Waals surface area contributed by atoms with Gasteiger partial charge in [0.05, 0.1) is 19.8 Å². The predicted octanol–water partition coefficient (Wildman–Crippen LogP) is 1.97. The minimum Gasteiger partial charge on any atom is -0.468 e. The van der Waals surface area contributed by atoms with Crippen molar-refractivity contribution in [3.05, 3.63) is 11.1 Å². The summed E-state index contributed by atoms with van der Waals surface area (Å²) in [6.45, 7) is 0. The lowest BCUT2D eigenvalue weighted by atomic mass is 9.54. The van der Waals surface area contributed by atoms with Crippen molar-refractivity contribution in [2.75, 3.05) is 21.3 Å². The van der Waals surface area contributed by atoms with Crippen LogP contribution in [0.25, 0.3) is 0 Å². The van der Waals surface area contributed by atoms with Crippen LogP contribution in [0.15, 0.2) is 11.1 Å². The smallest absolute Gasteiger partial charge is 0.335 e. The molecule has 0 unspecified atom stereocenters. The maximum Gasteiger partial charge on any atom is 0.335 e. The molecule has 0 aromatic rings. The summed E-state index contributed by atoms with van der Waals surface area (Å²) in [5, 5.41) is 0. The zero-order chi connectivity index (χ0) is 16.6. The van der Waals surface area contributed by atoms with Gasteiger partial charge >= 0.3 is 11.9 Å². The van der Waals surface area contributed by atoms with Gasteiger partial charge in [-0.05, 0) is 24.8 Å². The van der Waals surface area contributed by atoms with Gasteiger partial charge in [0.1, 0.15) is 11.5 Å². The van der Waals surface area contributed by atoms with Gasteiger partial charge in [0, 0.05) is 13.0 Å². The molecule has 3 aliphatic rings. The third-order valence-electron chi connectivity index (χ3n) is 5.50. The summed E-state index contributed by atoms with van der Waals surface area (Å²) in [6, 6.07) is 0. The van der Waals surface area contributed by atoms with E-state index in [4.69, 9.17) is 18.9 Å². The van der Waals surface area contributed by atoms with Crippen LogP contribution in [0.4, 0.5) is 0 Å². The average molecular weight is 324 g/mol. The highest BCUT2D eigenvalue weighted by Crippen LogP contribution is 2.63. The van der Waals surface area contributed by atoms with Gasteiger partial charge in [-0.15, -0.1) is 0 Å². The molecule has 2 bridgehead atoms. The van der Waals surface area contributed by atoms with Gasteiger partial charge in [0.25, 0.3) is 0 Å². The highest BCUT2D eigenvalue weighted by Gasteiger charge is 2.72. The first-order valence-electron chi connectivity index (χ1n) is 8.21. The van der Waals surface area contributed by atoms with Crippen LogP contribution in [-0.4, -0.2) is 45.7 Å². The first kappa shape index (κ1) is 16.5. The summed E-state index contributed by atoms with van der Waals surface area (Å²) in [6.07, 6.45) is 4.75. The number of hydrogen-bond donors (Lipinski definition) is 0. The molecule has 0 radical (unpaired) electrons. The van der Waals surface area contributed by atoms with Crippen molar-refractivity contribution in [1.82, 2.24) is 0 Å². The van der Waals surface area contributed by atoms with Gasteiger partial charge in [0.15, 0.2) is 6.29 Å². The Hall–Kier alpha value is -1.40. The van der Waals surface area contributed by atoms with E-state index < -0.39 is 29.7 Å².